The van der Waals surface area contributed by atoms with Gasteiger partial charge >= 0.3 is 15.6 Å². The fourth-order valence-corrected chi connectivity index (χ4v) is 3.40. The number of ether oxygens (including phenoxy) is 1. The molecule has 0 aliphatic carbocycles. The molecule has 2 atom stereocenters. The standard InChI is InChI=1S/C13H12F3NO6S/c14-13(15,16)24(20,21)23-10-3-1-2-7-8-4-17(12(18)19)5-11(8)22-6-9(7)10/h1-3,8,11H,4-6H2,(H,18,19)/p-1. The maximum absolute atomic E-state index is 12.5. The fraction of sp³-hybridized carbons (Fsp3) is 0.462. The summed E-state index contributed by atoms with van der Waals surface area (Å²) >= 11 is 0. The van der Waals surface area contributed by atoms with Gasteiger partial charge in [0.25, 0.3) is 0 Å². The molecule has 7 nitrogen and oxygen atoms in total. The van der Waals surface area contributed by atoms with E-state index in [1.54, 1.807) is 6.07 Å². The van der Waals surface area contributed by atoms with Crippen molar-refractivity contribution < 1.29 is 40.4 Å². The molecule has 1 amide bonds. The molecule has 0 N–H and O–H groups in total. The molecular formula is C13H11F3NO6S-. The van der Waals surface area contributed by atoms with Crippen LogP contribution in [0.3, 0.4) is 0 Å². The summed E-state index contributed by atoms with van der Waals surface area (Å²) in [5.74, 6) is -0.904. The predicted molar refractivity (Wildman–Crippen MR) is 70.3 cm³/mol. The van der Waals surface area contributed by atoms with Crippen molar-refractivity contribution >= 4 is 16.2 Å². The molecule has 2 aliphatic rings. The zero-order valence-corrected chi connectivity index (χ0v) is 12.8. The van der Waals surface area contributed by atoms with Crippen molar-refractivity contribution in [2.24, 2.45) is 0 Å². The van der Waals surface area contributed by atoms with Crippen LogP contribution in [-0.4, -0.2) is 44.1 Å². The molecule has 1 aromatic carbocycles. The van der Waals surface area contributed by atoms with Crippen LogP contribution >= 0.6 is 0 Å². The molecule has 24 heavy (non-hydrogen) atoms. The number of alkyl halides is 3. The van der Waals surface area contributed by atoms with Gasteiger partial charge in [0.05, 0.1) is 12.7 Å². The highest BCUT2D eigenvalue weighted by Gasteiger charge is 2.49. The second-order valence-corrected chi connectivity index (χ2v) is 6.97. The van der Waals surface area contributed by atoms with Gasteiger partial charge in [-0.3, -0.25) is 0 Å². The van der Waals surface area contributed by atoms with Crippen molar-refractivity contribution in [3.05, 3.63) is 29.3 Å². The number of rotatable bonds is 2. The molecule has 0 spiro atoms. The summed E-state index contributed by atoms with van der Waals surface area (Å²) in [6, 6.07) is 4.03. The van der Waals surface area contributed by atoms with Crippen molar-refractivity contribution in [1.82, 2.24) is 4.90 Å². The minimum absolute atomic E-state index is 0.0511. The van der Waals surface area contributed by atoms with Crippen LogP contribution in [0.4, 0.5) is 18.0 Å². The van der Waals surface area contributed by atoms with E-state index in [1.165, 1.54) is 6.07 Å². The number of fused-ring (bicyclic) bond motifs is 3. The normalized spacial score (nSPS) is 23.5. The van der Waals surface area contributed by atoms with Gasteiger partial charge in [0.1, 0.15) is 11.8 Å². The molecular weight excluding hydrogens is 355 g/mol. The fourth-order valence-electron chi connectivity index (χ4n) is 2.91. The lowest BCUT2D eigenvalue weighted by molar-refractivity contribution is -0.264. The summed E-state index contributed by atoms with van der Waals surface area (Å²) in [5.41, 5.74) is -4.89. The van der Waals surface area contributed by atoms with Crippen LogP contribution in [0.25, 0.3) is 0 Å². The van der Waals surface area contributed by atoms with E-state index in [0.717, 1.165) is 11.0 Å². The van der Waals surface area contributed by atoms with Crippen LogP contribution < -0.4 is 9.29 Å². The zero-order valence-electron chi connectivity index (χ0n) is 11.9. The maximum Gasteiger partial charge on any atom is 0.534 e. The summed E-state index contributed by atoms with van der Waals surface area (Å²) in [5, 5.41) is 11.0. The minimum atomic E-state index is -5.80. The maximum atomic E-state index is 12.5. The lowest BCUT2D eigenvalue weighted by Crippen LogP contribution is -2.40. The highest BCUT2D eigenvalue weighted by molar-refractivity contribution is 7.88. The largest absolute Gasteiger partial charge is 0.534 e. The van der Waals surface area contributed by atoms with Gasteiger partial charge in [-0.2, -0.15) is 21.6 Å². The Hall–Kier alpha value is -2.01. The second-order valence-electron chi connectivity index (χ2n) is 5.43. The summed E-state index contributed by atoms with van der Waals surface area (Å²) in [6.07, 6.45) is -1.84. The number of hydrogen-bond acceptors (Lipinski definition) is 6. The molecule has 11 heteroatoms. The van der Waals surface area contributed by atoms with Crippen LogP contribution in [0, 0.1) is 0 Å². The quantitative estimate of drug-likeness (QED) is 0.561. The molecule has 1 saturated heterocycles. The third kappa shape index (κ3) is 2.77. The Balaban J connectivity index is 1.94. The van der Waals surface area contributed by atoms with E-state index in [2.05, 4.69) is 4.18 Å². The van der Waals surface area contributed by atoms with Gasteiger partial charge < -0.3 is 23.7 Å². The Bertz CT molecular complexity index is 778. The number of halogens is 3. The zero-order chi connectivity index (χ0) is 17.7. The van der Waals surface area contributed by atoms with Crippen LogP contribution in [-0.2, 0) is 21.5 Å². The molecule has 132 valence electrons. The Morgan fingerprint density at radius 1 is 1.33 bits per heavy atom. The number of carbonyl (C=O) groups is 1. The lowest BCUT2D eigenvalue weighted by atomic mass is 9.89. The minimum Gasteiger partial charge on any atom is -0.530 e. The molecule has 1 fully saturated rings. The van der Waals surface area contributed by atoms with Crippen LogP contribution in [0.1, 0.15) is 17.0 Å². The average molecular weight is 366 g/mol. The molecule has 2 heterocycles. The van der Waals surface area contributed by atoms with Gasteiger partial charge in [0, 0.05) is 24.6 Å². The third-order valence-corrected chi connectivity index (χ3v) is 4.98. The summed E-state index contributed by atoms with van der Waals surface area (Å²) in [7, 11) is -5.80. The Labute approximate surface area is 134 Å². The molecule has 0 aromatic heterocycles. The highest BCUT2D eigenvalue weighted by atomic mass is 32.2. The number of nitrogens with zero attached hydrogens (tertiary/aromatic N) is 1. The van der Waals surface area contributed by atoms with Gasteiger partial charge in [0.2, 0.25) is 0 Å². The highest BCUT2D eigenvalue weighted by Crippen LogP contribution is 2.41. The molecule has 0 radical (unpaired) electrons. The summed E-state index contributed by atoms with van der Waals surface area (Å²) in [6.45, 7) is -0.0468. The van der Waals surface area contributed by atoms with E-state index in [1.807, 2.05) is 0 Å². The third-order valence-electron chi connectivity index (χ3n) is 4.02. The smallest absolute Gasteiger partial charge is 0.530 e. The first kappa shape index (κ1) is 16.8. The first-order valence-electron chi connectivity index (χ1n) is 6.80. The van der Waals surface area contributed by atoms with Crippen LogP contribution in [0.2, 0.25) is 0 Å². The van der Waals surface area contributed by atoms with Crippen molar-refractivity contribution in [3.63, 3.8) is 0 Å². The number of benzene rings is 1. The van der Waals surface area contributed by atoms with Crippen LogP contribution in [0.5, 0.6) is 5.75 Å². The topological polar surface area (TPSA) is 96.0 Å². The Kier molecular flexibility index (Phi) is 3.87. The van der Waals surface area contributed by atoms with Crippen molar-refractivity contribution in [2.45, 2.75) is 24.1 Å². The van der Waals surface area contributed by atoms with Crippen molar-refractivity contribution in [3.8, 4) is 5.75 Å². The second kappa shape index (κ2) is 5.52. The lowest BCUT2D eigenvalue weighted by Gasteiger charge is -2.28. The average Bonchev–Trinajstić information content (AvgIpc) is 2.90. The molecule has 2 aliphatic heterocycles. The van der Waals surface area contributed by atoms with E-state index in [9.17, 15) is 31.5 Å². The van der Waals surface area contributed by atoms with Crippen molar-refractivity contribution in [1.29, 1.82) is 0 Å². The monoisotopic (exact) mass is 366 g/mol. The number of hydrogen-bond donors (Lipinski definition) is 0. The predicted octanol–water partition coefficient (Wildman–Crippen LogP) is 0.556. The first-order chi connectivity index (χ1) is 11.1. The number of carboxylic acid groups (broad SMARTS) is 1. The molecule has 3 rings (SSSR count). The van der Waals surface area contributed by atoms with E-state index in [4.69, 9.17) is 4.74 Å². The summed E-state index contributed by atoms with van der Waals surface area (Å²) in [4.78, 5) is 12.0. The van der Waals surface area contributed by atoms with Gasteiger partial charge in [-0.25, -0.2) is 0 Å². The van der Waals surface area contributed by atoms with Gasteiger partial charge in [-0.1, -0.05) is 12.1 Å². The van der Waals surface area contributed by atoms with Gasteiger partial charge in [-0.15, -0.1) is 0 Å². The Morgan fingerprint density at radius 3 is 2.67 bits per heavy atom. The molecule has 2 unspecified atom stereocenters. The number of carbonyl (C=O) groups excluding carboxylic acids is 1. The van der Waals surface area contributed by atoms with Crippen molar-refractivity contribution in [2.75, 3.05) is 13.1 Å². The number of likely N-dealkylation sites (tertiary alicyclic amines) is 1. The molecule has 1 aromatic rings. The summed E-state index contributed by atoms with van der Waals surface area (Å²) < 4.78 is 69.5. The number of amides is 1. The van der Waals surface area contributed by atoms with E-state index in [-0.39, 0.29) is 25.3 Å². The molecule has 0 bridgehead atoms. The van der Waals surface area contributed by atoms with E-state index in [0.29, 0.717) is 5.56 Å². The first-order valence-corrected chi connectivity index (χ1v) is 8.21. The van der Waals surface area contributed by atoms with Crippen LogP contribution in [0.15, 0.2) is 18.2 Å². The SMILES string of the molecule is O=C([O-])N1CC2OCc3c(OS(=O)(=O)C(F)(F)F)cccc3C2C1. The van der Waals surface area contributed by atoms with E-state index >= 15 is 0 Å². The molecule has 0 saturated carbocycles. The Morgan fingerprint density at radius 2 is 2.04 bits per heavy atom. The van der Waals surface area contributed by atoms with Gasteiger partial charge in [0.15, 0.2) is 0 Å². The van der Waals surface area contributed by atoms with Gasteiger partial charge in [-0.05, 0) is 11.6 Å². The van der Waals surface area contributed by atoms with E-state index < -0.39 is 39.5 Å².